The smallest absolute Gasteiger partial charge is 0.0219 e. The molecule has 1 heteroatoms. The van der Waals surface area contributed by atoms with E-state index in [0.717, 1.165) is 6.42 Å². The lowest BCUT2D eigenvalue weighted by atomic mass is 9.84. The van der Waals surface area contributed by atoms with Crippen LogP contribution in [0.3, 0.4) is 0 Å². The highest BCUT2D eigenvalue weighted by Crippen LogP contribution is 2.41. The summed E-state index contributed by atoms with van der Waals surface area (Å²) in [5.41, 5.74) is 7.98. The summed E-state index contributed by atoms with van der Waals surface area (Å²) < 4.78 is 1.34. The van der Waals surface area contributed by atoms with E-state index >= 15 is 0 Å². The molecule has 16 heavy (non-hydrogen) atoms. The molecule has 1 aromatic rings. The van der Waals surface area contributed by atoms with Gasteiger partial charge in [-0.15, -0.1) is 0 Å². The zero-order chi connectivity index (χ0) is 11.1. The standard InChI is InChI=1S/C15H17Br/c1-2-10-7-8-13-14(16)9-11-5-3-4-6-12(11)15(10)13/h7,9H,2-6,8H2,1H3. The number of allylic oxidation sites excluding steroid dienone is 2. The molecular weight excluding hydrogens is 260 g/mol. The third-order valence-electron chi connectivity index (χ3n) is 3.96. The lowest BCUT2D eigenvalue weighted by molar-refractivity contribution is 0.682. The number of halogens is 1. The molecule has 0 saturated carbocycles. The van der Waals surface area contributed by atoms with Gasteiger partial charge in [0, 0.05) is 4.47 Å². The molecule has 0 bridgehead atoms. The summed E-state index contributed by atoms with van der Waals surface area (Å²) in [6.07, 6.45) is 10.0. The molecule has 0 heterocycles. The molecule has 1 aromatic carbocycles. The average Bonchev–Trinajstić information content (AvgIpc) is 2.74. The van der Waals surface area contributed by atoms with Crippen molar-refractivity contribution in [1.29, 1.82) is 0 Å². The van der Waals surface area contributed by atoms with Crippen LogP contribution in [-0.2, 0) is 19.3 Å². The molecule has 0 unspecified atom stereocenters. The van der Waals surface area contributed by atoms with Crippen LogP contribution in [0.15, 0.2) is 16.6 Å². The van der Waals surface area contributed by atoms with Crippen molar-refractivity contribution < 1.29 is 0 Å². The van der Waals surface area contributed by atoms with E-state index < -0.39 is 0 Å². The van der Waals surface area contributed by atoms with Crippen LogP contribution in [0.5, 0.6) is 0 Å². The van der Waals surface area contributed by atoms with Crippen LogP contribution in [0.2, 0.25) is 0 Å². The maximum absolute atomic E-state index is 3.75. The van der Waals surface area contributed by atoms with Crippen molar-refractivity contribution in [2.24, 2.45) is 0 Å². The molecule has 2 aliphatic carbocycles. The average molecular weight is 277 g/mol. The highest BCUT2D eigenvalue weighted by atomic mass is 79.9. The second-order valence-corrected chi connectivity index (χ2v) is 5.70. The number of hydrogen-bond donors (Lipinski definition) is 0. The Bertz CT molecular complexity index is 469. The summed E-state index contributed by atoms with van der Waals surface area (Å²) in [6, 6.07) is 2.37. The summed E-state index contributed by atoms with van der Waals surface area (Å²) in [4.78, 5) is 0. The highest BCUT2D eigenvalue weighted by Gasteiger charge is 2.23. The van der Waals surface area contributed by atoms with E-state index in [1.807, 2.05) is 0 Å². The zero-order valence-electron chi connectivity index (χ0n) is 9.78. The Labute approximate surface area is 106 Å². The quantitative estimate of drug-likeness (QED) is 0.699. The van der Waals surface area contributed by atoms with Crippen LogP contribution >= 0.6 is 15.9 Å². The van der Waals surface area contributed by atoms with Crippen molar-refractivity contribution in [1.82, 2.24) is 0 Å². The minimum atomic E-state index is 1.13. The summed E-state index contributed by atoms with van der Waals surface area (Å²) in [5, 5.41) is 0. The molecule has 0 spiro atoms. The van der Waals surface area contributed by atoms with E-state index in [0.29, 0.717) is 0 Å². The van der Waals surface area contributed by atoms with Crippen LogP contribution in [-0.4, -0.2) is 0 Å². The van der Waals surface area contributed by atoms with Gasteiger partial charge in [0.25, 0.3) is 0 Å². The first-order chi connectivity index (χ1) is 7.81. The van der Waals surface area contributed by atoms with E-state index in [1.165, 1.54) is 42.1 Å². The molecule has 84 valence electrons. The molecular formula is C15H17Br. The summed E-state index contributed by atoms with van der Waals surface area (Å²) in [7, 11) is 0. The maximum atomic E-state index is 3.75. The van der Waals surface area contributed by atoms with Gasteiger partial charge in [-0.05, 0) is 72.4 Å². The largest absolute Gasteiger partial charge is 0.0762 e. The SMILES string of the molecule is CCC1=CCc2c(Br)cc3c(c21)CCCC3. The van der Waals surface area contributed by atoms with E-state index in [9.17, 15) is 0 Å². The Hall–Kier alpha value is -0.560. The van der Waals surface area contributed by atoms with E-state index in [4.69, 9.17) is 0 Å². The first-order valence-corrected chi connectivity index (χ1v) is 7.13. The molecule has 0 radical (unpaired) electrons. The Kier molecular flexibility index (Phi) is 2.67. The van der Waals surface area contributed by atoms with Gasteiger partial charge in [0.1, 0.15) is 0 Å². The summed E-state index contributed by atoms with van der Waals surface area (Å²) >= 11 is 3.75. The Morgan fingerprint density at radius 1 is 1.19 bits per heavy atom. The first kappa shape index (κ1) is 10.6. The van der Waals surface area contributed by atoms with Gasteiger partial charge < -0.3 is 0 Å². The maximum Gasteiger partial charge on any atom is 0.0219 e. The monoisotopic (exact) mass is 276 g/mol. The van der Waals surface area contributed by atoms with Crippen molar-refractivity contribution in [2.45, 2.75) is 45.4 Å². The fraction of sp³-hybridized carbons (Fsp3) is 0.467. The number of hydrogen-bond acceptors (Lipinski definition) is 0. The van der Waals surface area contributed by atoms with Gasteiger partial charge in [-0.3, -0.25) is 0 Å². The summed E-state index contributed by atoms with van der Waals surface area (Å²) in [5.74, 6) is 0. The fourth-order valence-corrected chi connectivity index (χ4v) is 3.79. The van der Waals surface area contributed by atoms with Gasteiger partial charge in [0.05, 0.1) is 0 Å². The predicted molar refractivity (Wildman–Crippen MR) is 72.8 cm³/mol. The van der Waals surface area contributed by atoms with Gasteiger partial charge in [-0.2, -0.15) is 0 Å². The second kappa shape index (κ2) is 4.03. The van der Waals surface area contributed by atoms with Crippen LogP contribution < -0.4 is 0 Å². The number of rotatable bonds is 1. The van der Waals surface area contributed by atoms with Crippen molar-refractivity contribution in [3.63, 3.8) is 0 Å². The molecule has 0 amide bonds. The molecule has 0 fully saturated rings. The van der Waals surface area contributed by atoms with E-state index in [-0.39, 0.29) is 0 Å². The number of fused-ring (bicyclic) bond motifs is 3. The molecule has 0 saturated heterocycles. The zero-order valence-corrected chi connectivity index (χ0v) is 11.4. The Morgan fingerprint density at radius 3 is 2.81 bits per heavy atom. The topological polar surface area (TPSA) is 0 Å². The van der Waals surface area contributed by atoms with Gasteiger partial charge in [0.2, 0.25) is 0 Å². The van der Waals surface area contributed by atoms with Crippen LogP contribution in [0.4, 0.5) is 0 Å². The Balaban J connectivity index is 2.23. The molecule has 3 rings (SSSR count). The number of benzene rings is 1. The van der Waals surface area contributed by atoms with Gasteiger partial charge in [-0.25, -0.2) is 0 Å². The fourth-order valence-electron chi connectivity index (χ4n) is 3.15. The lowest BCUT2D eigenvalue weighted by Gasteiger charge is -2.22. The molecule has 0 nitrogen and oxygen atoms in total. The molecule has 0 aliphatic heterocycles. The molecule has 0 atom stereocenters. The highest BCUT2D eigenvalue weighted by molar-refractivity contribution is 9.10. The van der Waals surface area contributed by atoms with Crippen molar-refractivity contribution in [3.8, 4) is 0 Å². The van der Waals surface area contributed by atoms with Crippen molar-refractivity contribution in [3.05, 3.63) is 38.9 Å². The van der Waals surface area contributed by atoms with Gasteiger partial charge in [-0.1, -0.05) is 28.9 Å². The van der Waals surface area contributed by atoms with Gasteiger partial charge in [0.15, 0.2) is 0 Å². The van der Waals surface area contributed by atoms with Crippen molar-refractivity contribution >= 4 is 21.5 Å². The van der Waals surface area contributed by atoms with E-state index in [2.05, 4.69) is 35.0 Å². The van der Waals surface area contributed by atoms with E-state index in [1.54, 1.807) is 22.3 Å². The number of aryl methyl sites for hydroxylation is 1. The lowest BCUT2D eigenvalue weighted by Crippen LogP contribution is -2.07. The third kappa shape index (κ3) is 1.48. The normalized spacial score (nSPS) is 18.0. The molecule has 2 aliphatic rings. The minimum absolute atomic E-state index is 1.13. The minimum Gasteiger partial charge on any atom is -0.0762 e. The van der Waals surface area contributed by atoms with Crippen molar-refractivity contribution in [2.75, 3.05) is 0 Å². The van der Waals surface area contributed by atoms with Crippen LogP contribution in [0, 0.1) is 0 Å². The summed E-state index contributed by atoms with van der Waals surface area (Å²) in [6.45, 7) is 2.27. The van der Waals surface area contributed by atoms with Crippen LogP contribution in [0.1, 0.15) is 48.4 Å². The second-order valence-electron chi connectivity index (χ2n) is 4.84. The Morgan fingerprint density at radius 2 is 2.00 bits per heavy atom. The molecule has 0 N–H and O–H groups in total. The van der Waals surface area contributed by atoms with Gasteiger partial charge >= 0.3 is 0 Å². The predicted octanol–water partition coefficient (Wildman–Crippen LogP) is 4.68. The third-order valence-corrected chi connectivity index (χ3v) is 4.67. The first-order valence-electron chi connectivity index (χ1n) is 6.33. The molecule has 0 aromatic heterocycles. The van der Waals surface area contributed by atoms with Crippen LogP contribution in [0.25, 0.3) is 5.57 Å².